The van der Waals surface area contributed by atoms with Gasteiger partial charge in [0.15, 0.2) is 4.80 Å². The number of hydrogen-bond acceptors (Lipinski definition) is 3. The molecule has 0 bridgehead atoms. The number of fused-ring (bicyclic) bond motifs is 1. The molecule has 0 saturated heterocycles. The Morgan fingerprint density at radius 1 is 1.18 bits per heavy atom. The number of thioether (sulfide) groups is 1. The predicted molar refractivity (Wildman–Crippen MR) is 121 cm³/mol. The summed E-state index contributed by atoms with van der Waals surface area (Å²) in [5.41, 5.74) is 2.98. The highest BCUT2D eigenvalue weighted by molar-refractivity contribution is 7.99. The minimum atomic E-state index is -0.213. The molecule has 2 aromatic carbocycles. The number of hydrogen-bond donors (Lipinski definition) is 0. The third-order valence-corrected chi connectivity index (χ3v) is 6.41. The molecule has 0 aliphatic heterocycles. The van der Waals surface area contributed by atoms with E-state index >= 15 is 0 Å². The lowest BCUT2D eigenvalue weighted by Crippen LogP contribution is -2.16. The monoisotopic (exact) mass is 410 g/mol. The summed E-state index contributed by atoms with van der Waals surface area (Å²) in [6.07, 6.45) is 1.84. The lowest BCUT2D eigenvalue weighted by Gasteiger charge is -2.06. The van der Waals surface area contributed by atoms with E-state index in [4.69, 9.17) is 0 Å². The molecule has 1 amide bonds. The van der Waals surface area contributed by atoms with Crippen molar-refractivity contribution in [3.63, 3.8) is 0 Å². The van der Waals surface area contributed by atoms with Gasteiger partial charge in [0, 0.05) is 22.3 Å². The van der Waals surface area contributed by atoms with Crippen molar-refractivity contribution >= 4 is 39.2 Å². The molecule has 0 spiro atoms. The highest BCUT2D eigenvalue weighted by Crippen LogP contribution is 2.25. The molecule has 5 heteroatoms. The van der Waals surface area contributed by atoms with Crippen molar-refractivity contribution in [3.8, 4) is 0 Å². The fraction of sp³-hybridized carbons (Fsp3) is 0.304. The van der Waals surface area contributed by atoms with Crippen LogP contribution in [0.15, 0.2) is 65.0 Å². The number of allylic oxidation sites excluding steroid dienone is 1. The Bertz CT molecular complexity index is 1060. The molecule has 1 aromatic heterocycles. The van der Waals surface area contributed by atoms with Gasteiger partial charge >= 0.3 is 0 Å². The predicted octanol–water partition coefficient (Wildman–Crippen LogP) is 6.25. The van der Waals surface area contributed by atoms with Gasteiger partial charge in [0.2, 0.25) is 0 Å². The maximum atomic E-state index is 12.8. The fourth-order valence-electron chi connectivity index (χ4n) is 2.94. The van der Waals surface area contributed by atoms with Gasteiger partial charge in [-0.3, -0.25) is 4.79 Å². The van der Waals surface area contributed by atoms with Crippen LogP contribution >= 0.6 is 23.1 Å². The number of carbonyl (C=O) groups is 1. The van der Waals surface area contributed by atoms with Crippen LogP contribution in [-0.2, 0) is 6.54 Å². The Morgan fingerprint density at radius 2 is 1.89 bits per heavy atom. The van der Waals surface area contributed by atoms with Gasteiger partial charge in [-0.1, -0.05) is 51.2 Å². The van der Waals surface area contributed by atoms with E-state index in [-0.39, 0.29) is 5.91 Å². The zero-order valence-electron chi connectivity index (χ0n) is 16.8. The van der Waals surface area contributed by atoms with Gasteiger partial charge in [-0.2, -0.15) is 4.99 Å². The standard InChI is InChI=1S/C23H26N2OS2/c1-6-13-25-20-12-9-18(15(2)3)14-21(20)28-23(25)24-22(26)17-7-10-19(11-8-17)27-16(4)5/h6-12,14-16H,1,13H2,2-5H3. The van der Waals surface area contributed by atoms with Crippen LogP contribution in [-0.4, -0.2) is 15.7 Å². The largest absolute Gasteiger partial charge is 0.312 e. The second kappa shape index (κ2) is 8.93. The molecule has 1 heterocycles. The Balaban J connectivity index is 2.00. The van der Waals surface area contributed by atoms with E-state index < -0.39 is 0 Å². The van der Waals surface area contributed by atoms with Gasteiger partial charge in [-0.15, -0.1) is 18.3 Å². The van der Waals surface area contributed by atoms with Gasteiger partial charge in [0.1, 0.15) is 0 Å². The van der Waals surface area contributed by atoms with Crippen molar-refractivity contribution in [1.82, 2.24) is 4.57 Å². The minimum absolute atomic E-state index is 0.213. The third-order valence-electron chi connectivity index (χ3n) is 4.36. The number of thiazole rings is 1. The molecule has 0 unspecified atom stereocenters. The van der Waals surface area contributed by atoms with Crippen LogP contribution in [0.2, 0.25) is 0 Å². The number of rotatable bonds is 6. The van der Waals surface area contributed by atoms with Crippen LogP contribution in [0.5, 0.6) is 0 Å². The maximum Gasteiger partial charge on any atom is 0.279 e. The lowest BCUT2D eigenvalue weighted by atomic mass is 10.0. The number of aromatic nitrogens is 1. The van der Waals surface area contributed by atoms with E-state index in [1.807, 2.05) is 30.3 Å². The van der Waals surface area contributed by atoms with E-state index in [1.165, 1.54) is 5.56 Å². The summed E-state index contributed by atoms with van der Waals surface area (Å²) < 4.78 is 3.20. The van der Waals surface area contributed by atoms with Crippen molar-refractivity contribution in [1.29, 1.82) is 0 Å². The van der Waals surface area contributed by atoms with Crippen LogP contribution < -0.4 is 4.80 Å². The Labute approximate surface area is 174 Å². The van der Waals surface area contributed by atoms with Gasteiger partial charge in [-0.25, -0.2) is 0 Å². The average molecular weight is 411 g/mol. The quantitative estimate of drug-likeness (QED) is 0.355. The highest BCUT2D eigenvalue weighted by Gasteiger charge is 2.11. The molecule has 3 rings (SSSR count). The Kier molecular flexibility index (Phi) is 6.57. The molecule has 0 radical (unpaired) electrons. The molecule has 3 aromatic rings. The summed E-state index contributed by atoms with van der Waals surface area (Å²) in [6, 6.07) is 14.2. The first-order valence-electron chi connectivity index (χ1n) is 9.49. The van der Waals surface area contributed by atoms with Crippen molar-refractivity contribution in [2.45, 2.75) is 50.3 Å². The summed E-state index contributed by atoms with van der Waals surface area (Å²) in [7, 11) is 0. The minimum Gasteiger partial charge on any atom is -0.312 e. The molecule has 0 atom stereocenters. The first kappa shape index (κ1) is 20.6. The third kappa shape index (κ3) is 4.65. The van der Waals surface area contributed by atoms with Crippen molar-refractivity contribution in [3.05, 3.63) is 71.0 Å². The highest BCUT2D eigenvalue weighted by atomic mass is 32.2. The Hall–Kier alpha value is -2.11. The summed E-state index contributed by atoms with van der Waals surface area (Å²) >= 11 is 3.34. The van der Waals surface area contributed by atoms with Gasteiger partial charge in [-0.05, 0) is 47.9 Å². The first-order chi connectivity index (χ1) is 13.4. The van der Waals surface area contributed by atoms with Crippen LogP contribution in [0.25, 0.3) is 10.2 Å². The van der Waals surface area contributed by atoms with Crippen molar-refractivity contribution < 1.29 is 4.79 Å². The van der Waals surface area contributed by atoms with Crippen molar-refractivity contribution in [2.24, 2.45) is 4.99 Å². The number of carbonyl (C=O) groups excluding carboxylic acids is 1. The van der Waals surface area contributed by atoms with E-state index in [9.17, 15) is 4.79 Å². The molecule has 0 aliphatic rings. The fourth-order valence-corrected chi connectivity index (χ4v) is 4.86. The van der Waals surface area contributed by atoms with Crippen LogP contribution in [0.3, 0.4) is 0 Å². The maximum absolute atomic E-state index is 12.8. The second-order valence-corrected chi connectivity index (χ2v) is 9.93. The zero-order valence-corrected chi connectivity index (χ0v) is 18.4. The van der Waals surface area contributed by atoms with E-state index in [0.29, 0.717) is 28.1 Å². The molecule has 3 nitrogen and oxygen atoms in total. The van der Waals surface area contributed by atoms with Crippen molar-refractivity contribution in [2.75, 3.05) is 0 Å². The SMILES string of the molecule is C=CCn1c(=NC(=O)c2ccc(SC(C)C)cc2)sc2cc(C(C)C)ccc21. The van der Waals surface area contributed by atoms with Gasteiger partial charge in [0.25, 0.3) is 5.91 Å². The number of nitrogens with zero attached hydrogens (tertiary/aromatic N) is 2. The van der Waals surface area contributed by atoms with Crippen LogP contribution in [0.4, 0.5) is 0 Å². The van der Waals surface area contributed by atoms with Crippen LogP contribution in [0.1, 0.15) is 49.5 Å². The van der Waals surface area contributed by atoms with Gasteiger partial charge in [0.05, 0.1) is 10.2 Å². The smallest absolute Gasteiger partial charge is 0.279 e. The number of benzene rings is 2. The Morgan fingerprint density at radius 3 is 2.50 bits per heavy atom. The van der Waals surface area contributed by atoms with E-state index in [1.54, 1.807) is 23.1 Å². The normalized spacial score (nSPS) is 12.3. The first-order valence-corrected chi connectivity index (χ1v) is 11.2. The molecule has 0 aliphatic carbocycles. The lowest BCUT2D eigenvalue weighted by molar-refractivity contribution is 0.0998. The molecular formula is C23H26N2OS2. The average Bonchev–Trinajstić information content (AvgIpc) is 2.98. The molecular weight excluding hydrogens is 384 g/mol. The van der Waals surface area contributed by atoms with E-state index in [2.05, 4.69) is 62.0 Å². The summed E-state index contributed by atoms with van der Waals surface area (Å²) in [6.45, 7) is 13.2. The molecule has 28 heavy (non-hydrogen) atoms. The van der Waals surface area contributed by atoms with Gasteiger partial charge < -0.3 is 4.57 Å². The van der Waals surface area contributed by atoms with E-state index in [0.717, 1.165) is 15.1 Å². The molecule has 0 fully saturated rings. The summed E-state index contributed by atoms with van der Waals surface area (Å²) in [5.74, 6) is 0.248. The molecule has 146 valence electrons. The topological polar surface area (TPSA) is 34.4 Å². The number of amides is 1. The second-order valence-electron chi connectivity index (χ2n) is 7.27. The molecule has 0 N–H and O–H groups in total. The van der Waals surface area contributed by atoms with Crippen LogP contribution in [0, 0.1) is 0 Å². The zero-order chi connectivity index (χ0) is 20.3. The molecule has 0 saturated carbocycles. The summed E-state index contributed by atoms with van der Waals surface area (Å²) in [4.78, 5) is 19.1. The summed E-state index contributed by atoms with van der Waals surface area (Å²) in [5, 5.41) is 0.512.